The van der Waals surface area contributed by atoms with Gasteiger partial charge < -0.3 is 10.2 Å². The maximum Gasteiger partial charge on any atom is 0.313 e. The molecule has 0 fully saturated rings. The third-order valence-corrected chi connectivity index (χ3v) is 3.69. The van der Waals surface area contributed by atoms with Crippen LogP contribution in [0.2, 0.25) is 0 Å². The maximum atomic E-state index is 10.7. The van der Waals surface area contributed by atoms with Crippen molar-refractivity contribution in [2.75, 3.05) is 5.75 Å². The number of phenolic OH excluding ortho intramolecular Hbond substituents is 1. The molecule has 6 nitrogen and oxygen atoms in total. The number of aliphatic carboxylic acids is 1. The first kappa shape index (κ1) is 15.4. The number of carboxylic acid groups (broad SMARTS) is 1. The van der Waals surface area contributed by atoms with E-state index >= 15 is 0 Å². The highest BCUT2D eigenvalue weighted by molar-refractivity contribution is 7.99. The van der Waals surface area contributed by atoms with Crippen LogP contribution in [-0.2, 0) is 10.3 Å². The van der Waals surface area contributed by atoms with Gasteiger partial charge in [-0.15, -0.1) is 10.2 Å². The van der Waals surface area contributed by atoms with E-state index in [1.165, 1.54) is 0 Å². The van der Waals surface area contributed by atoms with E-state index in [2.05, 4.69) is 10.2 Å². The number of aromatic hydroxyl groups is 1. The molecule has 1 heterocycles. The molecule has 2 aromatic rings. The topological polar surface area (TPSA) is 88.2 Å². The summed E-state index contributed by atoms with van der Waals surface area (Å²) in [6.45, 7) is 5.93. The Hall–Kier alpha value is -2.02. The molecule has 0 unspecified atom stereocenters. The van der Waals surface area contributed by atoms with E-state index in [9.17, 15) is 9.90 Å². The highest BCUT2D eigenvalue weighted by atomic mass is 32.2. The van der Waals surface area contributed by atoms with E-state index < -0.39 is 5.97 Å². The van der Waals surface area contributed by atoms with Crippen molar-refractivity contribution in [3.63, 3.8) is 0 Å². The van der Waals surface area contributed by atoms with Crippen LogP contribution in [0.25, 0.3) is 11.4 Å². The molecule has 0 aliphatic heterocycles. The van der Waals surface area contributed by atoms with E-state index in [1.807, 2.05) is 25.3 Å². The highest BCUT2D eigenvalue weighted by Crippen LogP contribution is 2.34. The second-order valence-corrected chi connectivity index (χ2v) is 6.45. The van der Waals surface area contributed by atoms with Gasteiger partial charge >= 0.3 is 5.97 Å². The Labute approximate surface area is 126 Å². The lowest BCUT2D eigenvalue weighted by Crippen LogP contribution is -2.24. The molecule has 2 N–H and O–H groups in total. The van der Waals surface area contributed by atoms with Crippen molar-refractivity contribution < 1.29 is 15.0 Å². The van der Waals surface area contributed by atoms with E-state index in [0.717, 1.165) is 11.8 Å². The predicted octanol–water partition coefficient (Wildman–Crippen LogP) is 2.58. The quantitative estimate of drug-likeness (QED) is 0.844. The smallest absolute Gasteiger partial charge is 0.313 e. The first-order chi connectivity index (χ1) is 9.80. The van der Waals surface area contributed by atoms with Gasteiger partial charge in [0.05, 0.1) is 11.3 Å². The van der Waals surface area contributed by atoms with Crippen molar-refractivity contribution in [1.29, 1.82) is 0 Å². The molecule has 0 aliphatic rings. The minimum Gasteiger partial charge on any atom is -0.507 e. The van der Waals surface area contributed by atoms with Gasteiger partial charge in [-0.3, -0.25) is 9.36 Å². The molecular weight excluding hydrogens is 290 g/mol. The Morgan fingerprint density at radius 3 is 2.52 bits per heavy atom. The Balaban J connectivity index is 2.52. The number of carboxylic acids is 1. The fourth-order valence-electron chi connectivity index (χ4n) is 1.93. The molecule has 112 valence electrons. The summed E-state index contributed by atoms with van der Waals surface area (Å²) in [5.41, 5.74) is 0.226. The number of phenols is 1. The lowest BCUT2D eigenvalue weighted by Gasteiger charge is -2.24. The van der Waals surface area contributed by atoms with Gasteiger partial charge in [0.1, 0.15) is 5.75 Å². The number of para-hydroxylation sites is 1. The first-order valence-corrected chi connectivity index (χ1v) is 7.38. The SMILES string of the molecule is CC(C)(C)n1c(SCC(=O)O)nnc1-c1ccccc1O. The van der Waals surface area contributed by atoms with Crippen molar-refractivity contribution in [1.82, 2.24) is 14.8 Å². The maximum absolute atomic E-state index is 10.7. The number of carbonyl (C=O) groups is 1. The van der Waals surface area contributed by atoms with Crippen LogP contribution in [0.3, 0.4) is 0 Å². The Bertz CT molecular complexity index is 662. The van der Waals surface area contributed by atoms with Crippen LogP contribution < -0.4 is 0 Å². The summed E-state index contributed by atoms with van der Waals surface area (Å²) in [4.78, 5) is 10.7. The van der Waals surface area contributed by atoms with Gasteiger partial charge in [-0.1, -0.05) is 23.9 Å². The molecular formula is C14H17N3O3S. The van der Waals surface area contributed by atoms with Crippen LogP contribution in [-0.4, -0.2) is 36.7 Å². The Kier molecular flexibility index (Phi) is 4.22. The third kappa shape index (κ3) is 3.36. The van der Waals surface area contributed by atoms with Gasteiger partial charge in [-0.2, -0.15) is 0 Å². The summed E-state index contributed by atoms with van der Waals surface area (Å²) in [6.07, 6.45) is 0. The van der Waals surface area contributed by atoms with Crippen LogP contribution in [0.1, 0.15) is 20.8 Å². The first-order valence-electron chi connectivity index (χ1n) is 6.39. The second-order valence-electron chi connectivity index (χ2n) is 5.51. The second kappa shape index (κ2) is 5.77. The van der Waals surface area contributed by atoms with Crippen molar-refractivity contribution in [3.8, 4) is 17.1 Å². The van der Waals surface area contributed by atoms with Crippen LogP contribution in [0.4, 0.5) is 0 Å². The fourth-order valence-corrected chi connectivity index (χ4v) is 2.77. The number of hydrogen-bond donors (Lipinski definition) is 2. The largest absolute Gasteiger partial charge is 0.507 e. The monoisotopic (exact) mass is 307 g/mol. The summed E-state index contributed by atoms with van der Waals surface area (Å²) in [7, 11) is 0. The van der Waals surface area contributed by atoms with E-state index in [-0.39, 0.29) is 17.0 Å². The molecule has 0 aliphatic carbocycles. The lowest BCUT2D eigenvalue weighted by molar-refractivity contribution is -0.133. The summed E-state index contributed by atoms with van der Waals surface area (Å²) in [5, 5.41) is 27.5. The zero-order valence-corrected chi connectivity index (χ0v) is 12.9. The zero-order chi connectivity index (χ0) is 15.6. The van der Waals surface area contributed by atoms with Gasteiger partial charge in [-0.05, 0) is 32.9 Å². The molecule has 0 bridgehead atoms. The third-order valence-electron chi connectivity index (χ3n) is 2.77. The number of hydrogen-bond acceptors (Lipinski definition) is 5. The van der Waals surface area contributed by atoms with Crippen molar-refractivity contribution in [2.45, 2.75) is 31.5 Å². The number of nitrogens with zero attached hydrogens (tertiary/aromatic N) is 3. The summed E-state index contributed by atoms with van der Waals surface area (Å²) in [5.74, 6) is -0.360. The minimum atomic E-state index is -0.910. The summed E-state index contributed by atoms with van der Waals surface area (Å²) >= 11 is 1.11. The number of aromatic nitrogens is 3. The molecule has 0 saturated carbocycles. The van der Waals surface area contributed by atoms with Crippen molar-refractivity contribution in [3.05, 3.63) is 24.3 Å². The van der Waals surface area contributed by atoms with Crippen molar-refractivity contribution in [2.24, 2.45) is 0 Å². The van der Waals surface area contributed by atoms with Gasteiger partial charge in [0.25, 0.3) is 0 Å². The predicted molar refractivity (Wildman–Crippen MR) is 80.5 cm³/mol. The van der Waals surface area contributed by atoms with Gasteiger partial charge in [0.15, 0.2) is 11.0 Å². The molecule has 21 heavy (non-hydrogen) atoms. The Morgan fingerprint density at radius 1 is 1.29 bits per heavy atom. The molecule has 1 aromatic carbocycles. The molecule has 0 amide bonds. The van der Waals surface area contributed by atoms with E-state index in [1.54, 1.807) is 24.3 Å². The van der Waals surface area contributed by atoms with Crippen LogP contribution in [0.15, 0.2) is 29.4 Å². The van der Waals surface area contributed by atoms with E-state index in [0.29, 0.717) is 16.5 Å². The fraction of sp³-hybridized carbons (Fsp3) is 0.357. The molecule has 0 radical (unpaired) electrons. The number of benzene rings is 1. The van der Waals surface area contributed by atoms with Crippen LogP contribution in [0.5, 0.6) is 5.75 Å². The van der Waals surface area contributed by atoms with Crippen molar-refractivity contribution >= 4 is 17.7 Å². The summed E-state index contributed by atoms with van der Waals surface area (Å²) < 4.78 is 1.84. The van der Waals surface area contributed by atoms with E-state index in [4.69, 9.17) is 5.11 Å². The van der Waals surface area contributed by atoms with Gasteiger partial charge in [0.2, 0.25) is 0 Å². The molecule has 0 atom stereocenters. The van der Waals surface area contributed by atoms with Gasteiger partial charge in [0, 0.05) is 5.54 Å². The molecule has 1 aromatic heterocycles. The Morgan fingerprint density at radius 2 is 1.95 bits per heavy atom. The van der Waals surface area contributed by atoms with Crippen LogP contribution >= 0.6 is 11.8 Å². The average Bonchev–Trinajstić information content (AvgIpc) is 2.80. The summed E-state index contributed by atoms with van der Waals surface area (Å²) in [6, 6.07) is 6.88. The normalized spacial score (nSPS) is 11.6. The van der Waals surface area contributed by atoms with Gasteiger partial charge in [-0.25, -0.2) is 0 Å². The minimum absolute atomic E-state index is 0.0883. The molecule has 0 saturated heterocycles. The lowest BCUT2D eigenvalue weighted by atomic mass is 10.1. The molecule has 0 spiro atoms. The van der Waals surface area contributed by atoms with Crippen LogP contribution in [0, 0.1) is 0 Å². The average molecular weight is 307 g/mol. The number of rotatable bonds is 4. The standard InChI is InChI=1S/C14H17N3O3S/c1-14(2,3)17-12(9-6-4-5-7-10(9)18)15-16-13(17)21-8-11(19)20/h4-7,18H,8H2,1-3H3,(H,19,20). The molecule has 7 heteroatoms. The number of thioether (sulfide) groups is 1. The highest BCUT2D eigenvalue weighted by Gasteiger charge is 2.25. The zero-order valence-electron chi connectivity index (χ0n) is 12.1. The molecule has 2 rings (SSSR count).